The van der Waals surface area contributed by atoms with Gasteiger partial charge in [0.05, 0.1) is 11.6 Å². The van der Waals surface area contributed by atoms with Crippen molar-refractivity contribution >= 4 is 11.6 Å². The van der Waals surface area contributed by atoms with E-state index in [1.54, 1.807) is 18.2 Å². The van der Waals surface area contributed by atoms with Gasteiger partial charge in [0.25, 0.3) is 0 Å². The van der Waals surface area contributed by atoms with Gasteiger partial charge < -0.3 is 5.32 Å². The fraction of sp³-hybridized carbons (Fsp3) is 0.222. The van der Waals surface area contributed by atoms with Gasteiger partial charge in [0.15, 0.2) is 0 Å². The molecule has 0 atom stereocenters. The predicted molar refractivity (Wildman–Crippen MR) is 48.9 cm³/mol. The van der Waals surface area contributed by atoms with Crippen LogP contribution in [0.25, 0.3) is 0 Å². The first kappa shape index (κ1) is 9.05. The molecule has 1 aromatic rings. The molecule has 1 aromatic carbocycles. The molecule has 0 aromatic heterocycles. The maximum Gasteiger partial charge on any atom is 0.0991 e. The third-order valence-corrected chi connectivity index (χ3v) is 1.91. The van der Waals surface area contributed by atoms with Crippen molar-refractivity contribution < 1.29 is 0 Å². The molecule has 0 fully saturated rings. The molecule has 0 amide bonds. The van der Waals surface area contributed by atoms with Crippen LogP contribution in [-0.4, -0.2) is 7.05 Å². The van der Waals surface area contributed by atoms with Crippen LogP contribution in [0.3, 0.4) is 0 Å². The summed E-state index contributed by atoms with van der Waals surface area (Å²) in [5, 5.41) is 12.3. The Kier molecular flexibility index (Phi) is 3.09. The van der Waals surface area contributed by atoms with Gasteiger partial charge in [0.1, 0.15) is 0 Å². The molecular weight excluding hydrogens is 172 g/mol. The molecule has 0 radical (unpaired) electrons. The van der Waals surface area contributed by atoms with Crippen LogP contribution in [-0.2, 0) is 6.54 Å². The zero-order valence-corrected chi connectivity index (χ0v) is 7.52. The maximum absolute atomic E-state index is 8.61. The van der Waals surface area contributed by atoms with Crippen LogP contribution in [0.1, 0.15) is 11.1 Å². The van der Waals surface area contributed by atoms with E-state index in [9.17, 15) is 0 Å². The van der Waals surface area contributed by atoms with Gasteiger partial charge in [0, 0.05) is 11.6 Å². The monoisotopic (exact) mass is 180 g/mol. The first-order valence-electron chi connectivity index (χ1n) is 3.61. The van der Waals surface area contributed by atoms with E-state index >= 15 is 0 Å². The van der Waals surface area contributed by atoms with Gasteiger partial charge in [-0.1, -0.05) is 11.6 Å². The average Bonchev–Trinajstić information content (AvgIpc) is 2.09. The number of hydrogen-bond donors (Lipinski definition) is 1. The van der Waals surface area contributed by atoms with E-state index < -0.39 is 0 Å². The van der Waals surface area contributed by atoms with Crippen molar-refractivity contribution in [3.63, 3.8) is 0 Å². The number of hydrogen-bond acceptors (Lipinski definition) is 2. The molecule has 0 heterocycles. The first-order valence-corrected chi connectivity index (χ1v) is 3.99. The van der Waals surface area contributed by atoms with Crippen LogP contribution >= 0.6 is 11.6 Å². The van der Waals surface area contributed by atoms with Gasteiger partial charge in [0.2, 0.25) is 0 Å². The quantitative estimate of drug-likeness (QED) is 0.755. The van der Waals surface area contributed by atoms with E-state index in [2.05, 4.69) is 11.4 Å². The van der Waals surface area contributed by atoms with E-state index in [1.165, 1.54) is 0 Å². The van der Waals surface area contributed by atoms with E-state index in [1.807, 2.05) is 7.05 Å². The number of nitriles is 1. The number of benzene rings is 1. The van der Waals surface area contributed by atoms with Crippen molar-refractivity contribution in [1.29, 1.82) is 5.26 Å². The van der Waals surface area contributed by atoms with Crippen LogP contribution in [0.4, 0.5) is 0 Å². The Morgan fingerprint density at radius 3 is 2.92 bits per heavy atom. The Balaban J connectivity index is 3.01. The van der Waals surface area contributed by atoms with Gasteiger partial charge in [-0.2, -0.15) is 5.26 Å². The molecule has 0 aliphatic heterocycles. The summed E-state index contributed by atoms with van der Waals surface area (Å²) in [7, 11) is 1.84. The number of rotatable bonds is 2. The average molecular weight is 181 g/mol. The first-order chi connectivity index (χ1) is 5.77. The Hall–Kier alpha value is -1.04. The fourth-order valence-electron chi connectivity index (χ4n) is 0.970. The molecule has 1 rings (SSSR count). The lowest BCUT2D eigenvalue weighted by Gasteiger charge is -2.02. The number of nitrogens with zero attached hydrogens (tertiary/aromatic N) is 1. The third-order valence-electron chi connectivity index (χ3n) is 1.54. The lowest BCUT2D eigenvalue weighted by Crippen LogP contribution is -2.05. The second kappa shape index (κ2) is 4.10. The molecule has 12 heavy (non-hydrogen) atoms. The Labute approximate surface area is 76.8 Å². The van der Waals surface area contributed by atoms with Crippen molar-refractivity contribution in [3.8, 4) is 6.07 Å². The summed E-state index contributed by atoms with van der Waals surface area (Å²) in [6.07, 6.45) is 0. The lowest BCUT2D eigenvalue weighted by atomic mass is 10.1. The van der Waals surface area contributed by atoms with Crippen LogP contribution in [0.5, 0.6) is 0 Å². The van der Waals surface area contributed by atoms with Gasteiger partial charge >= 0.3 is 0 Å². The molecule has 0 unspecified atom stereocenters. The molecule has 0 aliphatic carbocycles. The number of nitrogens with one attached hydrogen (secondary N) is 1. The summed E-state index contributed by atoms with van der Waals surface area (Å²) in [4.78, 5) is 0. The third kappa shape index (κ3) is 1.97. The second-order valence-corrected chi connectivity index (χ2v) is 2.86. The molecule has 0 aliphatic rings. The molecule has 2 nitrogen and oxygen atoms in total. The van der Waals surface area contributed by atoms with Crippen molar-refractivity contribution in [2.24, 2.45) is 0 Å². The normalized spacial score (nSPS) is 9.42. The molecular formula is C9H9ClN2. The fourth-order valence-corrected chi connectivity index (χ4v) is 1.15. The van der Waals surface area contributed by atoms with Crippen molar-refractivity contribution in [2.45, 2.75) is 6.54 Å². The largest absolute Gasteiger partial charge is 0.316 e. The topological polar surface area (TPSA) is 35.8 Å². The molecule has 0 saturated heterocycles. The Morgan fingerprint density at radius 2 is 2.33 bits per heavy atom. The van der Waals surface area contributed by atoms with E-state index in [0.717, 1.165) is 5.56 Å². The minimum absolute atomic E-state index is 0.643. The predicted octanol–water partition coefficient (Wildman–Crippen LogP) is 1.93. The summed E-state index contributed by atoms with van der Waals surface area (Å²) in [6, 6.07) is 7.31. The lowest BCUT2D eigenvalue weighted by molar-refractivity contribution is 0.818. The van der Waals surface area contributed by atoms with Crippen molar-refractivity contribution in [3.05, 3.63) is 34.3 Å². The van der Waals surface area contributed by atoms with Crippen LogP contribution < -0.4 is 5.32 Å². The summed E-state index contributed by atoms with van der Waals surface area (Å²) < 4.78 is 0. The van der Waals surface area contributed by atoms with Gasteiger partial charge in [-0.05, 0) is 30.8 Å². The van der Waals surface area contributed by atoms with Crippen LogP contribution in [0.2, 0.25) is 5.02 Å². The highest BCUT2D eigenvalue weighted by Crippen LogP contribution is 2.16. The summed E-state index contributed by atoms with van der Waals surface area (Å²) in [5.74, 6) is 0. The highest BCUT2D eigenvalue weighted by molar-refractivity contribution is 6.31. The SMILES string of the molecule is CNCc1cc(C#N)ccc1Cl. The highest BCUT2D eigenvalue weighted by atomic mass is 35.5. The minimum atomic E-state index is 0.643. The van der Waals surface area contributed by atoms with Crippen LogP contribution in [0.15, 0.2) is 18.2 Å². The smallest absolute Gasteiger partial charge is 0.0991 e. The molecule has 62 valence electrons. The van der Waals surface area contributed by atoms with E-state index in [0.29, 0.717) is 17.1 Å². The Morgan fingerprint density at radius 1 is 1.58 bits per heavy atom. The molecule has 1 N–H and O–H groups in total. The highest BCUT2D eigenvalue weighted by Gasteiger charge is 1.99. The maximum atomic E-state index is 8.61. The molecule has 0 bridgehead atoms. The molecule has 0 spiro atoms. The van der Waals surface area contributed by atoms with Gasteiger partial charge in [-0.3, -0.25) is 0 Å². The zero-order chi connectivity index (χ0) is 8.97. The van der Waals surface area contributed by atoms with Gasteiger partial charge in [-0.25, -0.2) is 0 Å². The second-order valence-electron chi connectivity index (χ2n) is 2.45. The molecule has 3 heteroatoms. The van der Waals surface area contributed by atoms with Gasteiger partial charge in [-0.15, -0.1) is 0 Å². The number of halogens is 1. The standard InChI is InChI=1S/C9H9ClN2/c1-12-6-8-4-7(5-11)2-3-9(8)10/h2-4,12H,6H2,1H3. The summed E-state index contributed by atoms with van der Waals surface area (Å²) in [5.41, 5.74) is 1.60. The van der Waals surface area contributed by atoms with Crippen molar-refractivity contribution in [2.75, 3.05) is 7.05 Å². The summed E-state index contributed by atoms with van der Waals surface area (Å²) in [6.45, 7) is 0.689. The van der Waals surface area contributed by atoms with E-state index in [-0.39, 0.29) is 0 Å². The minimum Gasteiger partial charge on any atom is -0.316 e. The van der Waals surface area contributed by atoms with Crippen LogP contribution in [0, 0.1) is 11.3 Å². The zero-order valence-electron chi connectivity index (χ0n) is 6.76. The van der Waals surface area contributed by atoms with E-state index in [4.69, 9.17) is 16.9 Å². The molecule has 0 saturated carbocycles. The summed E-state index contributed by atoms with van der Waals surface area (Å²) >= 11 is 5.88. The van der Waals surface area contributed by atoms with Crippen molar-refractivity contribution in [1.82, 2.24) is 5.32 Å². The Bertz CT molecular complexity index is 315.